The van der Waals surface area contributed by atoms with Gasteiger partial charge in [-0.2, -0.15) is 0 Å². The van der Waals surface area contributed by atoms with Crippen molar-refractivity contribution in [3.05, 3.63) is 33.9 Å². The van der Waals surface area contributed by atoms with Crippen LogP contribution < -0.4 is 5.32 Å². The van der Waals surface area contributed by atoms with Gasteiger partial charge in [0.25, 0.3) is 11.6 Å². The number of nitro benzene ring substituents is 1. The minimum Gasteiger partial charge on any atom is -0.462 e. The molecule has 5 atom stereocenters. The van der Waals surface area contributed by atoms with Crippen molar-refractivity contribution in [1.82, 2.24) is 0 Å². The number of carbonyl (C=O) groups excluding carboxylic acids is 3. The van der Waals surface area contributed by atoms with E-state index in [9.17, 15) is 24.5 Å². The predicted octanol–water partition coefficient (Wildman–Crippen LogP) is 1.58. The van der Waals surface area contributed by atoms with Crippen LogP contribution in [-0.4, -0.2) is 35.5 Å². The molecule has 4 rings (SSSR count). The minimum atomic E-state index is -0.600. The molecule has 2 bridgehead atoms. The van der Waals surface area contributed by atoms with Crippen LogP contribution in [0.25, 0.3) is 0 Å². The van der Waals surface area contributed by atoms with E-state index in [2.05, 4.69) is 5.32 Å². The third-order valence-electron chi connectivity index (χ3n) is 5.79. The maximum Gasteiger partial charge on any atom is 0.310 e. The molecule has 1 saturated heterocycles. The van der Waals surface area contributed by atoms with Crippen molar-refractivity contribution in [2.24, 2.45) is 23.7 Å². The molecule has 0 aromatic heterocycles. The first-order chi connectivity index (χ1) is 12.8. The van der Waals surface area contributed by atoms with Crippen LogP contribution >= 0.6 is 0 Å². The average Bonchev–Trinajstić information content (AvgIpc) is 3.23. The summed E-state index contributed by atoms with van der Waals surface area (Å²) in [6.45, 7) is 1.08. The monoisotopic (exact) mass is 374 g/mol. The number of nitrogens with zero attached hydrogens (tertiary/aromatic N) is 1. The molecule has 0 unspecified atom stereocenters. The van der Waals surface area contributed by atoms with Crippen molar-refractivity contribution in [3.8, 4) is 0 Å². The van der Waals surface area contributed by atoms with Crippen LogP contribution in [0.1, 0.15) is 18.4 Å². The van der Waals surface area contributed by atoms with Crippen molar-refractivity contribution in [1.29, 1.82) is 0 Å². The van der Waals surface area contributed by atoms with Crippen molar-refractivity contribution < 1.29 is 28.8 Å². The second kappa shape index (κ2) is 6.33. The van der Waals surface area contributed by atoms with Gasteiger partial charge in [-0.05, 0) is 31.7 Å². The van der Waals surface area contributed by atoms with Crippen LogP contribution in [0.3, 0.4) is 0 Å². The molecule has 0 radical (unpaired) electrons. The molecule has 1 amide bonds. The van der Waals surface area contributed by atoms with Gasteiger partial charge >= 0.3 is 11.9 Å². The molecular formula is C18H18N2O7. The number of hydrogen-bond donors (Lipinski definition) is 1. The summed E-state index contributed by atoms with van der Waals surface area (Å²) in [5.74, 6) is -2.36. The molecule has 2 aliphatic carbocycles. The molecule has 1 N–H and O–H groups in total. The normalized spacial score (nSPS) is 30.1. The number of hydrogen-bond acceptors (Lipinski definition) is 7. The summed E-state index contributed by atoms with van der Waals surface area (Å²) in [6.07, 6.45) is 1.38. The van der Waals surface area contributed by atoms with Crippen molar-refractivity contribution in [3.63, 3.8) is 0 Å². The maximum absolute atomic E-state index is 12.4. The Morgan fingerprint density at radius 1 is 1.37 bits per heavy atom. The summed E-state index contributed by atoms with van der Waals surface area (Å²) in [5.41, 5.74) is 0.610. The van der Waals surface area contributed by atoms with Gasteiger partial charge in [0, 0.05) is 23.2 Å². The smallest absolute Gasteiger partial charge is 0.310 e. The summed E-state index contributed by atoms with van der Waals surface area (Å²) in [6, 6.07) is 4.31. The van der Waals surface area contributed by atoms with E-state index in [1.165, 1.54) is 18.2 Å². The van der Waals surface area contributed by atoms with E-state index in [-0.39, 0.29) is 35.3 Å². The molecule has 142 valence electrons. The molecule has 2 saturated carbocycles. The van der Waals surface area contributed by atoms with E-state index in [4.69, 9.17) is 9.47 Å². The number of benzene rings is 1. The lowest BCUT2D eigenvalue weighted by Gasteiger charge is -2.22. The number of anilines is 1. The Balaban J connectivity index is 1.35. The molecule has 0 spiro atoms. The fourth-order valence-corrected chi connectivity index (χ4v) is 4.64. The zero-order valence-corrected chi connectivity index (χ0v) is 14.5. The second-order valence-electron chi connectivity index (χ2n) is 7.34. The number of amides is 1. The lowest BCUT2D eigenvalue weighted by molar-refractivity contribution is -0.385. The van der Waals surface area contributed by atoms with E-state index in [0.29, 0.717) is 12.0 Å². The maximum atomic E-state index is 12.4. The van der Waals surface area contributed by atoms with Gasteiger partial charge in [-0.1, -0.05) is 6.07 Å². The van der Waals surface area contributed by atoms with Crippen LogP contribution in [-0.2, 0) is 23.9 Å². The molecule has 9 nitrogen and oxygen atoms in total. The number of aryl methyl sites for hydroxylation is 1. The van der Waals surface area contributed by atoms with Gasteiger partial charge in [0.15, 0.2) is 6.61 Å². The quantitative estimate of drug-likeness (QED) is 0.471. The second-order valence-corrected chi connectivity index (χ2v) is 7.34. The predicted molar refractivity (Wildman–Crippen MR) is 90.5 cm³/mol. The van der Waals surface area contributed by atoms with E-state index in [0.717, 1.165) is 6.42 Å². The van der Waals surface area contributed by atoms with E-state index in [1.54, 1.807) is 6.92 Å². The summed E-state index contributed by atoms with van der Waals surface area (Å²) in [5, 5.41) is 13.4. The Kier molecular flexibility index (Phi) is 4.09. The van der Waals surface area contributed by atoms with Crippen LogP contribution in [0.2, 0.25) is 0 Å². The van der Waals surface area contributed by atoms with E-state index in [1.807, 2.05) is 0 Å². The number of rotatable bonds is 5. The van der Waals surface area contributed by atoms with Gasteiger partial charge < -0.3 is 14.8 Å². The number of esters is 2. The van der Waals surface area contributed by atoms with Gasteiger partial charge in [-0.25, -0.2) is 0 Å². The van der Waals surface area contributed by atoms with Gasteiger partial charge in [0.2, 0.25) is 0 Å². The Labute approximate surface area is 154 Å². The van der Waals surface area contributed by atoms with Gasteiger partial charge in [-0.3, -0.25) is 24.5 Å². The topological polar surface area (TPSA) is 125 Å². The van der Waals surface area contributed by atoms with Crippen LogP contribution in [0, 0.1) is 40.7 Å². The highest BCUT2D eigenvalue weighted by Gasteiger charge is 2.64. The Bertz CT molecular complexity index is 850. The Morgan fingerprint density at radius 2 is 2.15 bits per heavy atom. The number of nitrogens with one attached hydrogen (secondary N) is 1. The summed E-state index contributed by atoms with van der Waals surface area (Å²) < 4.78 is 10.4. The van der Waals surface area contributed by atoms with Gasteiger partial charge in [0.1, 0.15) is 6.10 Å². The van der Waals surface area contributed by atoms with Gasteiger partial charge in [-0.15, -0.1) is 0 Å². The Hall–Kier alpha value is -2.97. The summed E-state index contributed by atoms with van der Waals surface area (Å²) in [4.78, 5) is 46.8. The third kappa shape index (κ3) is 2.92. The zero-order chi connectivity index (χ0) is 19.3. The van der Waals surface area contributed by atoms with E-state index >= 15 is 0 Å². The first-order valence-corrected chi connectivity index (χ1v) is 8.77. The highest BCUT2D eigenvalue weighted by molar-refractivity contribution is 5.94. The highest BCUT2D eigenvalue weighted by Crippen LogP contribution is 2.57. The number of ether oxygens (including phenoxy) is 2. The van der Waals surface area contributed by atoms with Gasteiger partial charge in [0.05, 0.1) is 16.8 Å². The molecule has 1 aromatic rings. The molecule has 1 aromatic carbocycles. The molecule has 1 aliphatic heterocycles. The fraction of sp³-hybridized carbons (Fsp3) is 0.500. The summed E-state index contributed by atoms with van der Waals surface area (Å²) >= 11 is 0. The average molecular weight is 374 g/mol. The minimum absolute atomic E-state index is 0.0618. The van der Waals surface area contributed by atoms with Crippen LogP contribution in [0.4, 0.5) is 11.4 Å². The SMILES string of the molecule is Cc1ccc(NC(=O)COC(=O)[C@@H]2[C@@H]3C[C@@H]4[C@H]2C(=O)O[C@H]4C3)cc1[N+](=O)[O-]. The third-order valence-corrected chi connectivity index (χ3v) is 5.79. The molecule has 3 aliphatic rings. The number of fused-ring (bicyclic) bond motifs is 1. The zero-order valence-electron chi connectivity index (χ0n) is 14.5. The molecule has 9 heteroatoms. The van der Waals surface area contributed by atoms with Crippen molar-refractivity contribution >= 4 is 29.2 Å². The summed E-state index contributed by atoms with van der Waals surface area (Å²) in [7, 11) is 0. The highest BCUT2D eigenvalue weighted by atomic mass is 16.6. The number of nitro groups is 1. The first-order valence-electron chi connectivity index (χ1n) is 8.77. The lowest BCUT2D eigenvalue weighted by atomic mass is 9.80. The van der Waals surface area contributed by atoms with E-state index < -0.39 is 35.2 Å². The van der Waals surface area contributed by atoms with Crippen molar-refractivity contribution in [2.45, 2.75) is 25.9 Å². The Morgan fingerprint density at radius 3 is 2.89 bits per heavy atom. The fourth-order valence-electron chi connectivity index (χ4n) is 4.64. The van der Waals surface area contributed by atoms with Crippen LogP contribution in [0.15, 0.2) is 18.2 Å². The lowest BCUT2D eigenvalue weighted by Crippen LogP contribution is -2.34. The number of carbonyl (C=O) groups is 3. The standard InChI is InChI=1S/C18H18N2O7/c1-8-2-3-10(6-12(8)20(24)25)19-14(21)7-26-17(22)15-9-4-11-13(5-9)27-18(23)16(11)15/h2-3,6,9,11,13,15-16H,4-5,7H2,1H3,(H,19,21)/t9-,11+,13+,15-,16-/m1/s1. The first kappa shape index (κ1) is 17.4. The molecule has 27 heavy (non-hydrogen) atoms. The molecular weight excluding hydrogens is 356 g/mol. The van der Waals surface area contributed by atoms with Crippen molar-refractivity contribution in [2.75, 3.05) is 11.9 Å². The van der Waals surface area contributed by atoms with Crippen LogP contribution in [0.5, 0.6) is 0 Å². The molecule has 1 heterocycles. The largest absolute Gasteiger partial charge is 0.462 e. The molecule has 3 fully saturated rings.